The molecule has 1 unspecified atom stereocenters. The van der Waals surface area contributed by atoms with Crippen LogP contribution in [0.3, 0.4) is 0 Å². The second kappa shape index (κ2) is 16.3. The fourth-order valence-corrected chi connectivity index (χ4v) is 5.13. The number of carbonyl (C=O) groups excluding carboxylic acids is 1. The number of hydrogen-bond donors (Lipinski definition) is 15. The number of ether oxygens (including phenoxy) is 4. The number of carboxylic acids is 1. The van der Waals surface area contributed by atoms with Crippen molar-refractivity contribution in [3.63, 3.8) is 0 Å². The third-order valence-corrected chi connectivity index (χ3v) is 7.75. The molecule has 266 valence electrons. The number of carbonyl (C=O) groups is 2. The molecule has 0 aromatic carbocycles. The number of aldehydes is 1. The van der Waals surface area contributed by atoms with E-state index in [-0.39, 0.29) is 6.29 Å². The molecule has 2 heterocycles. The Kier molecular flexibility index (Phi) is 14.0. The third kappa shape index (κ3) is 8.54. The molecular weight excluding hydrogens is 626 g/mol. The van der Waals surface area contributed by atoms with Crippen molar-refractivity contribution in [1.82, 2.24) is 10.6 Å². The molecule has 3 fully saturated rings. The zero-order valence-corrected chi connectivity index (χ0v) is 25.1. The second-order valence-electron chi connectivity index (χ2n) is 10.9. The van der Waals surface area contributed by atoms with Gasteiger partial charge >= 0.3 is 5.97 Å². The first-order valence-electron chi connectivity index (χ1n) is 13.9. The molecule has 22 nitrogen and oxygen atoms in total. The van der Waals surface area contributed by atoms with Gasteiger partial charge in [0, 0.05) is 0 Å². The normalized spacial score (nSPS) is 43.0. The van der Waals surface area contributed by atoms with Gasteiger partial charge in [-0.25, -0.2) is 9.79 Å². The molecule has 16 atom stereocenters. The van der Waals surface area contributed by atoms with E-state index in [1.54, 1.807) is 0 Å². The van der Waals surface area contributed by atoms with Crippen molar-refractivity contribution in [2.45, 2.75) is 111 Å². The van der Waals surface area contributed by atoms with Gasteiger partial charge < -0.3 is 92.7 Å². The molecule has 3 aliphatic rings. The molecule has 0 amide bonds. The van der Waals surface area contributed by atoms with E-state index in [9.17, 15) is 45.3 Å². The van der Waals surface area contributed by atoms with Gasteiger partial charge in [0.15, 0.2) is 36.4 Å². The highest BCUT2D eigenvalue weighted by molar-refractivity contribution is 5.76. The van der Waals surface area contributed by atoms with Crippen LogP contribution in [0.5, 0.6) is 0 Å². The van der Waals surface area contributed by atoms with Crippen LogP contribution in [0.4, 0.5) is 0 Å². The molecule has 3 rings (SSSR count). The maximum atomic E-state index is 12.1. The van der Waals surface area contributed by atoms with Gasteiger partial charge in [-0.1, -0.05) is 0 Å². The number of aliphatic hydroxyl groups is 8. The van der Waals surface area contributed by atoms with Crippen LogP contribution in [0, 0.1) is 5.41 Å². The van der Waals surface area contributed by atoms with Crippen LogP contribution < -0.4 is 27.8 Å². The highest BCUT2D eigenvalue weighted by Crippen LogP contribution is 2.38. The van der Waals surface area contributed by atoms with Crippen LogP contribution in [0.1, 0.15) is 13.8 Å². The molecule has 1 saturated carbocycles. The minimum atomic E-state index is -2.39. The standard InChI is InChI=1S/C21H39N7O12.C3H6O3/c1-5-21(36,4-30)16(40-17-9(26-2)13(34)10(31)6(3-29)38-17)18(37-5)39-15-8(28-20(24)25)11(32)7(27-19(22)23)12(33)14(15)35;1-2(4)3(5)6/h4-18,26,29,31-36H,3H2,1-2H3,(H4,22,23,27)(H4,24,25,28);2,4H,1H3,(H,5,6)/t5-,6-,7+,8-,9-,10-,11+,12-,13-,14+,15+,16-,17-,18-,21+;/m0./s1. The van der Waals surface area contributed by atoms with Crippen molar-refractivity contribution >= 4 is 24.2 Å². The number of nitrogens with one attached hydrogen (secondary N) is 3. The maximum Gasteiger partial charge on any atom is 0.332 e. The molecule has 0 aromatic heterocycles. The minimum Gasteiger partial charge on any atom is -0.479 e. The number of aliphatic carboxylic acids is 1. The Morgan fingerprint density at radius 3 is 2.07 bits per heavy atom. The van der Waals surface area contributed by atoms with Crippen molar-refractivity contribution in [3.05, 3.63) is 0 Å². The summed E-state index contributed by atoms with van der Waals surface area (Å²) in [6.07, 6.45) is -18.5. The molecule has 0 aromatic rings. The number of rotatable bonds is 10. The maximum absolute atomic E-state index is 12.1. The number of likely N-dealkylation sites (N-methyl/N-ethyl adjacent to an activating group) is 1. The van der Waals surface area contributed by atoms with E-state index in [0.29, 0.717) is 0 Å². The lowest BCUT2D eigenvalue weighted by Gasteiger charge is -2.46. The summed E-state index contributed by atoms with van der Waals surface area (Å²) in [4.78, 5) is 25.2. The number of aliphatic hydroxyl groups excluding tert-OH is 7. The van der Waals surface area contributed by atoms with Crippen LogP contribution in [0.25, 0.3) is 0 Å². The predicted molar refractivity (Wildman–Crippen MR) is 151 cm³/mol. The number of nitrogens with zero attached hydrogens (tertiary/aromatic N) is 1. The van der Waals surface area contributed by atoms with Gasteiger partial charge in [0.05, 0.1) is 24.8 Å². The Balaban J connectivity index is 0.00000112. The summed E-state index contributed by atoms with van der Waals surface area (Å²) in [5.74, 6) is -2.35. The summed E-state index contributed by atoms with van der Waals surface area (Å²) in [5.41, 5.74) is 13.8. The number of guanidine groups is 2. The predicted octanol–water partition coefficient (Wildman–Crippen LogP) is -8.50. The Labute approximate surface area is 262 Å². The smallest absolute Gasteiger partial charge is 0.332 e. The molecule has 0 radical (unpaired) electrons. The number of nitrogens with two attached hydrogens (primary N) is 3. The van der Waals surface area contributed by atoms with E-state index in [1.165, 1.54) is 20.9 Å². The molecule has 22 heteroatoms. The van der Waals surface area contributed by atoms with E-state index in [4.69, 9.17) is 51.8 Å². The Morgan fingerprint density at radius 2 is 1.61 bits per heavy atom. The van der Waals surface area contributed by atoms with Gasteiger partial charge in [0.1, 0.15) is 61.0 Å². The van der Waals surface area contributed by atoms with E-state index in [2.05, 4.69) is 15.6 Å². The molecule has 2 aliphatic heterocycles. The largest absolute Gasteiger partial charge is 0.479 e. The van der Waals surface area contributed by atoms with Crippen molar-refractivity contribution in [3.8, 4) is 0 Å². The fourth-order valence-electron chi connectivity index (χ4n) is 5.13. The van der Waals surface area contributed by atoms with Crippen LogP contribution >= 0.6 is 0 Å². The number of aliphatic imine (C=N–C) groups is 1. The third-order valence-electron chi connectivity index (χ3n) is 7.75. The number of hydrogen-bond acceptors (Lipinski definition) is 17. The molecule has 18 N–H and O–H groups in total. The van der Waals surface area contributed by atoms with E-state index >= 15 is 0 Å². The zero-order valence-electron chi connectivity index (χ0n) is 25.1. The first-order valence-corrected chi connectivity index (χ1v) is 13.9. The molecule has 0 spiro atoms. The summed E-state index contributed by atoms with van der Waals surface area (Å²) in [6, 6.07) is -4.02. The van der Waals surface area contributed by atoms with Gasteiger partial charge in [-0.15, -0.1) is 0 Å². The average Bonchev–Trinajstić information content (AvgIpc) is 3.22. The lowest BCUT2D eigenvalue weighted by atomic mass is 9.81. The molecule has 1 aliphatic carbocycles. The van der Waals surface area contributed by atoms with E-state index in [0.717, 1.165) is 0 Å². The SMILES string of the molecule is CC(O)C(=O)O.CN[C@@H]1[C@H](O[C@H]2[C@H](O[C@H]3[C@H](O)[C@@H](O)[C@H](N=C(N)N)[C@@H](O)[C@@H]3NC(=N)N)O[C@@H](C)[C@]2(O)C=O)O[C@@H](CO)[C@H](O)[C@H]1O. The summed E-state index contributed by atoms with van der Waals surface area (Å²) in [7, 11) is 1.42. The minimum absolute atomic E-state index is 0.138. The summed E-state index contributed by atoms with van der Waals surface area (Å²) >= 11 is 0. The highest BCUT2D eigenvalue weighted by atomic mass is 16.8. The molecule has 46 heavy (non-hydrogen) atoms. The van der Waals surface area contributed by atoms with E-state index in [1.807, 2.05) is 0 Å². The molecular formula is C24H45N7O15. The lowest BCUT2D eigenvalue weighted by Crippen LogP contribution is -2.70. The van der Waals surface area contributed by atoms with Gasteiger partial charge in [0.25, 0.3) is 0 Å². The van der Waals surface area contributed by atoms with Gasteiger partial charge in [-0.05, 0) is 20.9 Å². The lowest BCUT2D eigenvalue weighted by molar-refractivity contribution is -0.314. The fraction of sp³-hybridized carbons (Fsp3) is 0.833. The van der Waals surface area contributed by atoms with Gasteiger partial charge in [-0.3, -0.25) is 10.2 Å². The van der Waals surface area contributed by atoms with Crippen molar-refractivity contribution in [2.24, 2.45) is 22.2 Å². The quantitative estimate of drug-likeness (QED) is 0.0582. The highest BCUT2D eigenvalue weighted by Gasteiger charge is 2.60. The Morgan fingerprint density at radius 1 is 1.02 bits per heavy atom. The first kappa shape index (κ1) is 39.3. The number of carboxylic acid groups (broad SMARTS) is 1. The summed E-state index contributed by atoms with van der Waals surface area (Å²) in [5, 5.41) is 102. The van der Waals surface area contributed by atoms with Crippen molar-refractivity contribution in [1.29, 1.82) is 5.41 Å². The van der Waals surface area contributed by atoms with Crippen LogP contribution in [-0.4, -0.2) is 181 Å². The van der Waals surface area contributed by atoms with Crippen molar-refractivity contribution < 1.29 is 74.5 Å². The van der Waals surface area contributed by atoms with Gasteiger partial charge in [0.2, 0.25) is 0 Å². The van der Waals surface area contributed by atoms with Crippen molar-refractivity contribution in [2.75, 3.05) is 13.7 Å². The van der Waals surface area contributed by atoms with Crippen LogP contribution in [-0.2, 0) is 28.5 Å². The topological polar surface area (TPSA) is 391 Å². The monoisotopic (exact) mass is 671 g/mol. The second-order valence-corrected chi connectivity index (χ2v) is 10.9. The van der Waals surface area contributed by atoms with Crippen LogP contribution in [0.2, 0.25) is 0 Å². The molecule has 0 bridgehead atoms. The average molecular weight is 672 g/mol. The van der Waals surface area contributed by atoms with Crippen LogP contribution in [0.15, 0.2) is 4.99 Å². The van der Waals surface area contributed by atoms with Gasteiger partial charge in [-0.2, -0.15) is 0 Å². The summed E-state index contributed by atoms with van der Waals surface area (Å²) < 4.78 is 22.9. The Hall–Kier alpha value is -2.84. The first-order chi connectivity index (χ1) is 21.4. The summed E-state index contributed by atoms with van der Waals surface area (Å²) in [6.45, 7) is 1.81. The Bertz CT molecular complexity index is 1070. The van der Waals surface area contributed by atoms with E-state index < -0.39 is 122 Å². The zero-order chi connectivity index (χ0) is 35.3. The molecule has 2 saturated heterocycles.